The molecule has 2 aliphatic rings. The lowest BCUT2D eigenvalue weighted by atomic mass is 9.99. The minimum Gasteiger partial charge on any atom is -0.497 e. The molecule has 2 amide bonds. The first-order valence-electron chi connectivity index (χ1n) is 10.8. The van der Waals surface area contributed by atoms with E-state index in [1.54, 1.807) is 7.11 Å². The van der Waals surface area contributed by atoms with Crippen molar-refractivity contribution in [2.75, 3.05) is 33.8 Å². The number of carbonyl (C=O) groups excluding carboxylic acids is 2. The van der Waals surface area contributed by atoms with Crippen LogP contribution < -0.4 is 4.74 Å². The molecule has 2 fully saturated rings. The lowest BCUT2D eigenvalue weighted by Crippen LogP contribution is -2.35. The molecular weight excluding hydrogens is 376 g/mol. The van der Waals surface area contributed by atoms with E-state index in [0.717, 1.165) is 60.4 Å². The minimum absolute atomic E-state index is 0.0424. The molecule has 158 valence electrons. The lowest BCUT2D eigenvalue weighted by molar-refractivity contribution is -0.131. The second-order valence-electron chi connectivity index (χ2n) is 8.66. The lowest BCUT2D eigenvalue weighted by Gasteiger charge is -2.23. The zero-order chi connectivity index (χ0) is 21.3. The maximum atomic E-state index is 13.0. The van der Waals surface area contributed by atoms with Gasteiger partial charge in [-0.2, -0.15) is 0 Å². The van der Waals surface area contributed by atoms with Crippen molar-refractivity contribution < 1.29 is 14.3 Å². The quantitative estimate of drug-likeness (QED) is 0.729. The van der Waals surface area contributed by atoms with E-state index in [4.69, 9.17) is 4.74 Å². The maximum Gasteiger partial charge on any atom is 0.253 e. The number of carbonyl (C=O) groups is 2. The Balaban J connectivity index is 1.39. The normalized spacial score (nSPS) is 18.4. The molecule has 0 N–H and O–H groups in total. The molecule has 1 atom stereocenters. The van der Waals surface area contributed by atoms with E-state index in [-0.39, 0.29) is 11.8 Å². The van der Waals surface area contributed by atoms with E-state index in [1.807, 2.05) is 60.2 Å². The van der Waals surface area contributed by atoms with Crippen LogP contribution in [0.2, 0.25) is 0 Å². The van der Waals surface area contributed by atoms with Crippen molar-refractivity contribution in [3.8, 4) is 16.9 Å². The summed E-state index contributed by atoms with van der Waals surface area (Å²) in [4.78, 5) is 29.1. The van der Waals surface area contributed by atoms with Gasteiger partial charge in [0.25, 0.3) is 5.91 Å². The molecule has 5 heteroatoms. The molecule has 1 aliphatic carbocycles. The van der Waals surface area contributed by atoms with Crippen LogP contribution in [0.1, 0.15) is 35.2 Å². The monoisotopic (exact) mass is 406 g/mol. The van der Waals surface area contributed by atoms with Gasteiger partial charge in [-0.05, 0) is 67.0 Å². The Morgan fingerprint density at radius 1 is 1.07 bits per heavy atom. The summed E-state index contributed by atoms with van der Waals surface area (Å²) in [7, 11) is 3.52. The molecule has 1 heterocycles. The number of nitrogens with zero attached hydrogens (tertiary/aromatic N) is 2. The van der Waals surface area contributed by atoms with E-state index >= 15 is 0 Å². The summed E-state index contributed by atoms with van der Waals surface area (Å²) in [5.74, 6) is 1.82. The summed E-state index contributed by atoms with van der Waals surface area (Å²) in [6.07, 6.45) is 3.07. The Kier molecular flexibility index (Phi) is 5.80. The van der Waals surface area contributed by atoms with E-state index in [2.05, 4.69) is 6.07 Å². The number of hydrogen-bond donors (Lipinski definition) is 0. The van der Waals surface area contributed by atoms with Gasteiger partial charge in [-0.3, -0.25) is 9.59 Å². The number of ether oxygens (including phenoxy) is 1. The molecular formula is C25H30N2O3. The number of likely N-dealkylation sites (tertiary alicyclic amines) is 1. The Hall–Kier alpha value is -2.82. The van der Waals surface area contributed by atoms with Crippen LogP contribution in [0.3, 0.4) is 0 Å². The number of aryl methyl sites for hydroxylation is 1. The molecule has 0 spiro atoms. The standard InChI is InChI=1S/C25H30N2O3/c1-17-14-21(19-6-9-22(30-3)10-7-19)8-11-23(17)25(29)26(2)15-18-12-13-27(16-18)24(28)20-4-5-20/h6-11,14,18,20H,4-5,12-13,15-16H2,1-3H3/t18-/m0/s1. The van der Waals surface area contributed by atoms with Crippen LogP contribution in [0.5, 0.6) is 5.75 Å². The van der Waals surface area contributed by atoms with Crippen molar-refractivity contribution >= 4 is 11.8 Å². The highest BCUT2D eigenvalue weighted by Crippen LogP contribution is 2.33. The van der Waals surface area contributed by atoms with Gasteiger partial charge < -0.3 is 14.5 Å². The van der Waals surface area contributed by atoms with Crippen molar-refractivity contribution in [3.63, 3.8) is 0 Å². The third-order valence-corrected chi connectivity index (χ3v) is 6.28. The van der Waals surface area contributed by atoms with Gasteiger partial charge in [0.1, 0.15) is 5.75 Å². The third kappa shape index (κ3) is 4.35. The average molecular weight is 407 g/mol. The van der Waals surface area contributed by atoms with Gasteiger partial charge in [-0.1, -0.05) is 24.3 Å². The topological polar surface area (TPSA) is 49.9 Å². The fourth-order valence-electron chi connectivity index (χ4n) is 4.31. The maximum absolute atomic E-state index is 13.0. The molecule has 5 nitrogen and oxygen atoms in total. The summed E-state index contributed by atoms with van der Waals surface area (Å²) in [5, 5.41) is 0. The van der Waals surface area contributed by atoms with Crippen molar-refractivity contribution in [2.45, 2.75) is 26.2 Å². The van der Waals surface area contributed by atoms with Gasteiger partial charge in [0.15, 0.2) is 0 Å². The van der Waals surface area contributed by atoms with Crippen molar-refractivity contribution in [3.05, 3.63) is 53.6 Å². The van der Waals surface area contributed by atoms with Crippen LogP contribution in [0.4, 0.5) is 0 Å². The predicted octanol–water partition coefficient (Wildman–Crippen LogP) is 4.00. The fourth-order valence-corrected chi connectivity index (χ4v) is 4.31. The van der Waals surface area contributed by atoms with Crippen LogP contribution >= 0.6 is 0 Å². The highest BCUT2D eigenvalue weighted by Gasteiger charge is 2.37. The highest BCUT2D eigenvalue weighted by atomic mass is 16.5. The average Bonchev–Trinajstić information content (AvgIpc) is 3.51. The van der Waals surface area contributed by atoms with Crippen LogP contribution in [0.25, 0.3) is 11.1 Å². The van der Waals surface area contributed by atoms with Crippen molar-refractivity contribution in [1.29, 1.82) is 0 Å². The molecule has 1 saturated carbocycles. The zero-order valence-electron chi connectivity index (χ0n) is 18.1. The summed E-state index contributed by atoms with van der Waals surface area (Å²) in [6.45, 7) is 4.28. The van der Waals surface area contributed by atoms with Gasteiger partial charge >= 0.3 is 0 Å². The molecule has 1 aliphatic heterocycles. The largest absolute Gasteiger partial charge is 0.497 e. The molecule has 0 aromatic heterocycles. The highest BCUT2D eigenvalue weighted by molar-refractivity contribution is 5.96. The van der Waals surface area contributed by atoms with Crippen LogP contribution in [0.15, 0.2) is 42.5 Å². The van der Waals surface area contributed by atoms with Gasteiger partial charge in [0.05, 0.1) is 7.11 Å². The summed E-state index contributed by atoms with van der Waals surface area (Å²) in [6, 6.07) is 13.9. The fraction of sp³-hybridized carbons (Fsp3) is 0.440. The molecule has 0 unspecified atom stereocenters. The molecule has 1 saturated heterocycles. The summed E-state index contributed by atoms with van der Waals surface area (Å²) in [5.41, 5.74) is 3.88. The molecule has 2 aromatic carbocycles. The third-order valence-electron chi connectivity index (χ3n) is 6.28. The summed E-state index contributed by atoms with van der Waals surface area (Å²) >= 11 is 0. The van der Waals surface area contributed by atoms with Gasteiger partial charge in [0.2, 0.25) is 5.91 Å². The Morgan fingerprint density at radius 3 is 2.40 bits per heavy atom. The van der Waals surface area contributed by atoms with Gasteiger partial charge in [-0.15, -0.1) is 0 Å². The minimum atomic E-state index is 0.0424. The second-order valence-corrected chi connectivity index (χ2v) is 8.66. The number of amides is 2. The first kappa shape index (κ1) is 20.5. The number of hydrogen-bond acceptors (Lipinski definition) is 3. The second kappa shape index (κ2) is 8.50. The first-order chi connectivity index (χ1) is 14.5. The Morgan fingerprint density at radius 2 is 1.77 bits per heavy atom. The summed E-state index contributed by atoms with van der Waals surface area (Å²) < 4.78 is 5.22. The van der Waals surface area contributed by atoms with E-state index in [9.17, 15) is 9.59 Å². The van der Waals surface area contributed by atoms with Gasteiger partial charge in [-0.25, -0.2) is 0 Å². The Bertz CT molecular complexity index is 934. The molecule has 2 aromatic rings. The van der Waals surface area contributed by atoms with Crippen molar-refractivity contribution in [1.82, 2.24) is 9.80 Å². The zero-order valence-corrected chi connectivity index (χ0v) is 18.1. The van der Waals surface area contributed by atoms with Crippen molar-refractivity contribution in [2.24, 2.45) is 11.8 Å². The van der Waals surface area contributed by atoms with E-state index in [1.165, 1.54) is 0 Å². The number of methoxy groups -OCH3 is 1. The van der Waals surface area contributed by atoms with Gasteiger partial charge in [0, 0.05) is 38.2 Å². The van der Waals surface area contributed by atoms with E-state index < -0.39 is 0 Å². The number of benzene rings is 2. The molecule has 0 bridgehead atoms. The number of rotatable bonds is 6. The first-order valence-corrected chi connectivity index (χ1v) is 10.8. The van der Waals surface area contributed by atoms with Crippen LogP contribution in [-0.4, -0.2) is 55.4 Å². The molecule has 30 heavy (non-hydrogen) atoms. The molecule has 0 radical (unpaired) electrons. The Labute approximate surface area is 178 Å². The SMILES string of the molecule is COc1ccc(-c2ccc(C(=O)N(C)C[C@@H]3CCN(C(=O)C4CC4)C3)c(C)c2)cc1. The molecule has 4 rings (SSSR count). The predicted molar refractivity (Wildman–Crippen MR) is 118 cm³/mol. The smallest absolute Gasteiger partial charge is 0.253 e. The van der Waals surface area contributed by atoms with Crippen LogP contribution in [-0.2, 0) is 4.79 Å². The van der Waals surface area contributed by atoms with E-state index in [0.29, 0.717) is 18.4 Å². The van der Waals surface area contributed by atoms with Crippen LogP contribution in [0, 0.1) is 18.8 Å².